The zero-order chi connectivity index (χ0) is 17.7. The van der Waals surface area contributed by atoms with E-state index in [4.69, 9.17) is 11.1 Å². The van der Waals surface area contributed by atoms with E-state index >= 15 is 0 Å². The molecule has 0 saturated heterocycles. The van der Waals surface area contributed by atoms with E-state index in [1.54, 1.807) is 18.2 Å². The first-order valence-corrected chi connectivity index (χ1v) is 7.44. The average Bonchev–Trinajstić information content (AvgIpc) is 2.86. The Morgan fingerprint density at radius 3 is 2.80 bits per heavy atom. The second-order valence-corrected chi connectivity index (χ2v) is 5.69. The topological polar surface area (TPSA) is 114 Å². The molecule has 7 nitrogen and oxygen atoms in total. The number of nitrogens with zero attached hydrogens (tertiary/aromatic N) is 2. The molecule has 4 N–H and O–H groups in total. The van der Waals surface area contributed by atoms with Crippen molar-refractivity contribution in [3.63, 3.8) is 0 Å². The first-order chi connectivity index (χ1) is 12.0. The van der Waals surface area contributed by atoms with E-state index < -0.39 is 17.2 Å². The van der Waals surface area contributed by atoms with Gasteiger partial charge in [-0.2, -0.15) is 0 Å². The van der Waals surface area contributed by atoms with E-state index in [0.29, 0.717) is 16.6 Å². The van der Waals surface area contributed by atoms with Gasteiger partial charge in [0.05, 0.1) is 22.2 Å². The van der Waals surface area contributed by atoms with Crippen LogP contribution < -0.4 is 16.6 Å². The number of hydrogen-bond donors (Lipinski definition) is 3. The molecule has 2 aromatic carbocycles. The molecule has 0 amide bonds. The molecule has 124 valence electrons. The predicted molar refractivity (Wildman–Crippen MR) is 89.5 cm³/mol. The Kier molecular flexibility index (Phi) is 3.14. The molecule has 1 aliphatic rings. The number of rotatable bonds is 2. The van der Waals surface area contributed by atoms with Gasteiger partial charge in [0.1, 0.15) is 5.82 Å². The van der Waals surface area contributed by atoms with Crippen LogP contribution in [0.15, 0.2) is 41.2 Å². The fraction of sp³-hybridized carbons (Fsp3) is 0.0588. The molecular weight excluding hydrogens is 325 g/mol. The lowest BCUT2D eigenvalue weighted by Gasteiger charge is -2.08. The Morgan fingerprint density at radius 2 is 2.04 bits per heavy atom. The third-order valence-electron chi connectivity index (χ3n) is 4.06. The summed E-state index contributed by atoms with van der Waals surface area (Å²) in [7, 11) is 0. The summed E-state index contributed by atoms with van der Waals surface area (Å²) in [6.45, 7) is 0.285. The second kappa shape index (κ2) is 5.23. The van der Waals surface area contributed by atoms with Gasteiger partial charge in [-0.1, -0.05) is 6.07 Å². The number of aromatic nitrogens is 2. The fourth-order valence-electron chi connectivity index (χ4n) is 2.92. The average molecular weight is 337 g/mol. The molecule has 8 heteroatoms. The lowest BCUT2D eigenvalue weighted by molar-refractivity contribution is 0.103. The van der Waals surface area contributed by atoms with Crippen molar-refractivity contribution in [3.8, 4) is 5.69 Å². The first-order valence-electron chi connectivity index (χ1n) is 7.44. The zero-order valence-electron chi connectivity index (χ0n) is 12.8. The summed E-state index contributed by atoms with van der Waals surface area (Å²) < 4.78 is 14.7. The van der Waals surface area contributed by atoms with Crippen LogP contribution >= 0.6 is 0 Å². The van der Waals surface area contributed by atoms with E-state index in [9.17, 15) is 14.0 Å². The number of benzene rings is 2. The molecule has 0 bridgehead atoms. The minimum Gasteiger partial charge on any atom is -0.370 e. The minimum absolute atomic E-state index is 0.0206. The van der Waals surface area contributed by atoms with Crippen LogP contribution in [0.1, 0.15) is 21.7 Å². The smallest absolute Gasteiger partial charge is 0.266 e. The van der Waals surface area contributed by atoms with Crippen molar-refractivity contribution in [3.05, 3.63) is 69.5 Å². The highest BCUT2D eigenvalue weighted by Gasteiger charge is 2.30. The van der Waals surface area contributed by atoms with E-state index in [2.05, 4.69) is 10.3 Å². The number of guanidine groups is 1. The summed E-state index contributed by atoms with van der Waals surface area (Å²) >= 11 is 0. The van der Waals surface area contributed by atoms with E-state index in [1.807, 2.05) is 0 Å². The number of ketones is 1. The van der Waals surface area contributed by atoms with Gasteiger partial charge in [-0.05, 0) is 35.9 Å². The number of carbonyl (C=O) groups excluding carboxylic acids is 1. The molecule has 1 aliphatic heterocycles. The summed E-state index contributed by atoms with van der Waals surface area (Å²) in [6.07, 6.45) is 0. The standard InChI is InChI=1S/C17H12FN5O2/c18-9-2-4-13-11(6-9)14(24)15-22-12-3-1-8(7-21-17(19)20)5-10(12)16(25)23(13)15/h1-6H,7H2,(H4,19,20,21). The number of nitrogens with one attached hydrogen (secondary N) is 2. The molecular formula is C17H12FN5O2. The maximum Gasteiger partial charge on any atom is 0.266 e. The number of carbonyl (C=O) groups is 1. The zero-order valence-corrected chi connectivity index (χ0v) is 12.8. The third kappa shape index (κ3) is 2.26. The fourth-order valence-corrected chi connectivity index (χ4v) is 2.92. The van der Waals surface area contributed by atoms with Gasteiger partial charge in [-0.15, -0.1) is 0 Å². The monoisotopic (exact) mass is 337 g/mol. The van der Waals surface area contributed by atoms with Crippen molar-refractivity contribution in [1.82, 2.24) is 14.9 Å². The lowest BCUT2D eigenvalue weighted by Crippen LogP contribution is -2.29. The van der Waals surface area contributed by atoms with Crippen molar-refractivity contribution < 1.29 is 9.18 Å². The summed E-state index contributed by atoms with van der Waals surface area (Å²) in [5.74, 6) is -1.22. The van der Waals surface area contributed by atoms with Crippen LogP contribution in [0.3, 0.4) is 0 Å². The van der Waals surface area contributed by atoms with Crippen LogP contribution in [-0.4, -0.2) is 21.3 Å². The molecule has 3 aromatic rings. The molecule has 0 aliphatic carbocycles. The summed E-state index contributed by atoms with van der Waals surface area (Å²) in [6, 6.07) is 8.71. The molecule has 4 rings (SSSR count). The van der Waals surface area contributed by atoms with Crippen molar-refractivity contribution in [1.29, 1.82) is 5.41 Å². The van der Waals surface area contributed by atoms with Crippen LogP contribution in [0.25, 0.3) is 16.6 Å². The molecule has 0 spiro atoms. The van der Waals surface area contributed by atoms with Crippen LogP contribution in [-0.2, 0) is 6.54 Å². The van der Waals surface area contributed by atoms with Gasteiger partial charge in [0, 0.05) is 6.54 Å². The van der Waals surface area contributed by atoms with Gasteiger partial charge >= 0.3 is 0 Å². The summed E-state index contributed by atoms with van der Waals surface area (Å²) in [4.78, 5) is 29.6. The van der Waals surface area contributed by atoms with Crippen LogP contribution in [0.4, 0.5) is 4.39 Å². The van der Waals surface area contributed by atoms with E-state index in [-0.39, 0.29) is 23.9 Å². The number of fused-ring (bicyclic) bond motifs is 4. The highest BCUT2D eigenvalue weighted by molar-refractivity contribution is 6.13. The molecule has 0 saturated carbocycles. The van der Waals surface area contributed by atoms with Crippen molar-refractivity contribution in [2.75, 3.05) is 0 Å². The molecule has 25 heavy (non-hydrogen) atoms. The molecule has 2 heterocycles. The Morgan fingerprint density at radius 1 is 1.24 bits per heavy atom. The van der Waals surface area contributed by atoms with Gasteiger partial charge < -0.3 is 11.1 Å². The number of hydrogen-bond acceptors (Lipinski definition) is 4. The van der Waals surface area contributed by atoms with Gasteiger partial charge in [-0.3, -0.25) is 19.6 Å². The Labute approximate surface area is 140 Å². The highest BCUT2D eigenvalue weighted by Crippen LogP contribution is 2.27. The van der Waals surface area contributed by atoms with E-state index in [1.165, 1.54) is 16.7 Å². The third-order valence-corrected chi connectivity index (χ3v) is 4.06. The summed E-state index contributed by atoms with van der Waals surface area (Å²) in [5.41, 5.74) is 6.43. The van der Waals surface area contributed by atoms with Crippen molar-refractivity contribution >= 4 is 22.6 Å². The predicted octanol–water partition coefficient (Wildman–Crippen LogP) is 1.05. The number of halogens is 1. The van der Waals surface area contributed by atoms with Crippen LogP contribution in [0.2, 0.25) is 0 Å². The minimum atomic E-state index is -0.546. The Hall–Kier alpha value is -3.55. The summed E-state index contributed by atoms with van der Waals surface area (Å²) in [5, 5.41) is 10.2. The molecule has 0 unspecified atom stereocenters. The van der Waals surface area contributed by atoms with E-state index in [0.717, 1.165) is 11.6 Å². The van der Waals surface area contributed by atoms with Crippen molar-refractivity contribution in [2.24, 2.45) is 5.73 Å². The normalized spacial score (nSPS) is 12.1. The molecule has 0 atom stereocenters. The van der Waals surface area contributed by atoms with Crippen molar-refractivity contribution in [2.45, 2.75) is 6.54 Å². The maximum atomic E-state index is 13.4. The first kappa shape index (κ1) is 15.0. The molecule has 1 aromatic heterocycles. The number of nitrogens with two attached hydrogens (primary N) is 1. The maximum absolute atomic E-state index is 13.4. The Balaban J connectivity index is 1.93. The molecule has 0 radical (unpaired) electrons. The van der Waals surface area contributed by atoms with Gasteiger partial charge in [0.2, 0.25) is 5.78 Å². The van der Waals surface area contributed by atoms with Crippen LogP contribution in [0, 0.1) is 11.2 Å². The second-order valence-electron chi connectivity index (χ2n) is 5.69. The van der Waals surface area contributed by atoms with Gasteiger partial charge in [0.15, 0.2) is 11.8 Å². The van der Waals surface area contributed by atoms with Gasteiger partial charge in [-0.25, -0.2) is 9.37 Å². The quantitative estimate of drug-likeness (QED) is 0.374. The SMILES string of the molecule is N=C(N)NCc1ccc2nc3n(c(=O)c2c1)-c1ccc(F)cc1C3=O. The molecule has 0 fully saturated rings. The van der Waals surface area contributed by atoms with Crippen LogP contribution in [0.5, 0.6) is 0 Å². The largest absolute Gasteiger partial charge is 0.370 e. The lowest BCUT2D eigenvalue weighted by atomic mass is 10.1. The highest BCUT2D eigenvalue weighted by atomic mass is 19.1. The Bertz CT molecular complexity index is 1140. The van der Waals surface area contributed by atoms with Gasteiger partial charge in [0.25, 0.3) is 5.56 Å².